The third kappa shape index (κ3) is 3.96. The Hall–Kier alpha value is -1.88. The molecule has 1 saturated heterocycles. The van der Waals surface area contributed by atoms with E-state index in [1.54, 1.807) is 0 Å². The first-order valence-electron chi connectivity index (χ1n) is 8.96. The van der Waals surface area contributed by atoms with Crippen LogP contribution in [-0.4, -0.2) is 53.2 Å². The van der Waals surface area contributed by atoms with Crippen LogP contribution < -0.4 is 4.90 Å². The van der Waals surface area contributed by atoms with Crippen molar-refractivity contribution < 1.29 is 0 Å². The monoisotopic (exact) mass is 327 g/mol. The number of anilines is 1. The van der Waals surface area contributed by atoms with Crippen molar-refractivity contribution in [1.82, 2.24) is 19.4 Å². The van der Waals surface area contributed by atoms with Gasteiger partial charge in [0.05, 0.1) is 0 Å². The van der Waals surface area contributed by atoms with Gasteiger partial charge in [-0.3, -0.25) is 4.98 Å². The van der Waals surface area contributed by atoms with Gasteiger partial charge in [-0.25, -0.2) is 4.98 Å². The Kier molecular flexibility index (Phi) is 5.51. The third-order valence-corrected chi connectivity index (χ3v) is 4.87. The summed E-state index contributed by atoms with van der Waals surface area (Å²) in [5, 5.41) is 0. The number of imidazole rings is 1. The smallest absolute Gasteiger partial charge is 0.113 e. The van der Waals surface area contributed by atoms with Crippen LogP contribution in [0.25, 0.3) is 0 Å². The first kappa shape index (κ1) is 17.0. The van der Waals surface area contributed by atoms with E-state index in [0.717, 1.165) is 32.6 Å². The van der Waals surface area contributed by atoms with E-state index in [9.17, 15) is 0 Å². The molecule has 0 aromatic carbocycles. The molecule has 0 unspecified atom stereocenters. The Balaban J connectivity index is 1.69. The number of piperidine rings is 1. The Morgan fingerprint density at radius 3 is 2.96 bits per heavy atom. The van der Waals surface area contributed by atoms with E-state index in [1.807, 2.05) is 18.6 Å². The predicted molar refractivity (Wildman–Crippen MR) is 98.6 cm³/mol. The summed E-state index contributed by atoms with van der Waals surface area (Å²) < 4.78 is 2.36. The lowest BCUT2D eigenvalue weighted by molar-refractivity contribution is 0.380. The highest BCUT2D eigenvalue weighted by atomic mass is 15.2. The molecule has 0 amide bonds. The molecule has 0 radical (unpaired) electrons. The van der Waals surface area contributed by atoms with Crippen LogP contribution in [0.5, 0.6) is 0 Å². The molecule has 0 spiro atoms. The summed E-state index contributed by atoms with van der Waals surface area (Å²) in [5.74, 6) is 1.77. The second-order valence-electron chi connectivity index (χ2n) is 7.08. The molecule has 1 aliphatic heterocycles. The number of pyridine rings is 1. The minimum Gasteiger partial charge on any atom is -0.370 e. The lowest BCUT2D eigenvalue weighted by Crippen LogP contribution is -2.35. The van der Waals surface area contributed by atoms with E-state index in [1.165, 1.54) is 29.9 Å². The summed E-state index contributed by atoms with van der Waals surface area (Å²) in [7, 11) is 4.26. The van der Waals surface area contributed by atoms with Crippen LogP contribution in [0, 0.1) is 6.92 Å². The first-order chi connectivity index (χ1) is 11.6. The normalized spacial score (nSPS) is 18.3. The van der Waals surface area contributed by atoms with Crippen molar-refractivity contribution in [2.75, 3.05) is 38.6 Å². The Morgan fingerprint density at radius 1 is 1.29 bits per heavy atom. The fourth-order valence-corrected chi connectivity index (χ4v) is 3.65. The topological polar surface area (TPSA) is 37.2 Å². The zero-order chi connectivity index (χ0) is 16.9. The molecule has 0 saturated carbocycles. The van der Waals surface area contributed by atoms with E-state index in [4.69, 9.17) is 4.98 Å². The van der Waals surface area contributed by atoms with Gasteiger partial charge in [-0.05, 0) is 58.5 Å². The van der Waals surface area contributed by atoms with Crippen molar-refractivity contribution >= 4 is 5.69 Å². The molecule has 5 nitrogen and oxygen atoms in total. The lowest BCUT2D eigenvalue weighted by atomic mass is 9.96. The van der Waals surface area contributed by atoms with Crippen molar-refractivity contribution in [3.63, 3.8) is 0 Å². The van der Waals surface area contributed by atoms with Crippen molar-refractivity contribution in [2.45, 2.75) is 38.6 Å². The molecular weight excluding hydrogens is 298 g/mol. The van der Waals surface area contributed by atoms with Gasteiger partial charge in [0.15, 0.2) is 0 Å². The molecule has 130 valence electrons. The van der Waals surface area contributed by atoms with E-state index in [0.29, 0.717) is 5.92 Å². The third-order valence-electron chi connectivity index (χ3n) is 4.87. The van der Waals surface area contributed by atoms with Gasteiger partial charge in [0.2, 0.25) is 0 Å². The second-order valence-corrected chi connectivity index (χ2v) is 7.08. The first-order valence-corrected chi connectivity index (χ1v) is 8.96. The maximum atomic E-state index is 4.70. The van der Waals surface area contributed by atoms with E-state index in [2.05, 4.69) is 52.6 Å². The number of nitrogens with zero attached hydrogens (tertiary/aromatic N) is 5. The summed E-state index contributed by atoms with van der Waals surface area (Å²) in [6.45, 7) is 6.50. The van der Waals surface area contributed by atoms with Crippen LogP contribution in [0.3, 0.4) is 0 Å². The van der Waals surface area contributed by atoms with Crippen LogP contribution >= 0.6 is 0 Å². The summed E-state index contributed by atoms with van der Waals surface area (Å²) in [6, 6.07) is 2.14. The van der Waals surface area contributed by atoms with Gasteiger partial charge in [0, 0.05) is 56.0 Å². The van der Waals surface area contributed by atoms with Crippen molar-refractivity contribution in [2.24, 2.45) is 0 Å². The van der Waals surface area contributed by atoms with Gasteiger partial charge < -0.3 is 14.4 Å². The number of hydrogen-bond donors (Lipinski definition) is 0. The van der Waals surface area contributed by atoms with E-state index in [-0.39, 0.29) is 0 Å². The number of aromatic nitrogens is 3. The van der Waals surface area contributed by atoms with Crippen LogP contribution in [-0.2, 0) is 6.54 Å². The molecule has 3 rings (SSSR count). The largest absolute Gasteiger partial charge is 0.370 e. The van der Waals surface area contributed by atoms with Crippen LogP contribution in [0.2, 0.25) is 0 Å². The second kappa shape index (κ2) is 7.79. The molecule has 5 heteroatoms. The molecule has 1 atom stereocenters. The van der Waals surface area contributed by atoms with Crippen molar-refractivity contribution in [3.05, 3.63) is 42.2 Å². The Labute approximate surface area is 145 Å². The summed E-state index contributed by atoms with van der Waals surface area (Å²) >= 11 is 0. The average Bonchev–Trinajstić information content (AvgIpc) is 3.03. The molecule has 2 aromatic heterocycles. The van der Waals surface area contributed by atoms with Crippen molar-refractivity contribution in [3.8, 4) is 0 Å². The fourth-order valence-electron chi connectivity index (χ4n) is 3.65. The summed E-state index contributed by atoms with van der Waals surface area (Å²) in [5.41, 5.74) is 2.58. The van der Waals surface area contributed by atoms with Gasteiger partial charge in [-0.1, -0.05) is 0 Å². The molecule has 3 heterocycles. The zero-order valence-corrected chi connectivity index (χ0v) is 15.1. The molecule has 2 aromatic rings. The minimum atomic E-state index is 0.515. The molecular formula is C19H29N5. The fraction of sp³-hybridized carbons (Fsp3) is 0.579. The van der Waals surface area contributed by atoms with Gasteiger partial charge in [-0.2, -0.15) is 0 Å². The quantitative estimate of drug-likeness (QED) is 0.817. The van der Waals surface area contributed by atoms with Gasteiger partial charge in [0.1, 0.15) is 5.82 Å². The molecule has 1 aliphatic rings. The van der Waals surface area contributed by atoms with Gasteiger partial charge in [-0.15, -0.1) is 0 Å². The molecule has 0 aliphatic carbocycles. The molecule has 0 N–H and O–H groups in total. The van der Waals surface area contributed by atoms with Crippen LogP contribution in [0.15, 0.2) is 30.9 Å². The minimum absolute atomic E-state index is 0.515. The highest BCUT2D eigenvalue weighted by molar-refractivity contribution is 5.52. The SMILES string of the molecule is Cc1cnccc1N1CCC[C@H](c2nccn2CCCN(C)C)C1. The maximum Gasteiger partial charge on any atom is 0.113 e. The highest BCUT2D eigenvalue weighted by Crippen LogP contribution is 2.30. The standard InChI is InChI=1S/C19H29N5/c1-16-14-20-8-7-18(16)24-11-4-6-17(15-24)19-21-9-13-23(19)12-5-10-22(2)3/h7-9,13-14,17H,4-6,10-12,15H2,1-3H3/t17-/m0/s1. The zero-order valence-electron chi connectivity index (χ0n) is 15.1. The Morgan fingerprint density at radius 2 is 2.17 bits per heavy atom. The number of rotatable bonds is 6. The summed E-state index contributed by atoms with van der Waals surface area (Å²) in [6.07, 6.45) is 11.6. The van der Waals surface area contributed by atoms with Crippen LogP contribution in [0.4, 0.5) is 5.69 Å². The Bertz CT molecular complexity index is 649. The van der Waals surface area contributed by atoms with Crippen LogP contribution in [0.1, 0.15) is 36.6 Å². The predicted octanol–water partition coefficient (Wildman–Crippen LogP) is 2.92. The number of aryl methyl sites for hydroxylation is 2. The van der Waals surface area contributed by atoms with E-state index >= 15 is 0 Å². The van der Waals surface area contributed by atoms with Gasteiger partial charge >= 0.3 is 0 Å². The maximum absolute atomic E-state index is 4.70. The summed E-state index contributed by atoms with van der Waals surface area (Å²) in [4.78, 5) is 13.7. The highest BCUT2D eigenvalue weighted by Gasteiger charge is 2.25. The van der Waals surface area contributed by atoms with E-state index < -0.39 is 0 Å². The van der Waals surface area contributed by atoms with Crippen molar-refractivity contribution in [1.29, 1.82) is 0 Å². The average molecular weight is 327 g/mol. The molecule has 1 fully saturated rings. The number of hydrogen-bond acceptors (Lipinski definition) is 4. The molecule has 24 heavy (non-hydrogen) atoms. The van der Waals surface area contributed by atoms with Gasteiger partial charge in [0.25, 0.3) is 0 Å². The lowest BCUT2D eigenvalue weighted by Gasteiger charge is -2.35. The molecule has 0 bridgehead atoms.